The van der Waals surface area contributed by atoms with Crippen molar-refractivity contribution in [3.63, 3.8) is 0 Å². The minimum absolute atomic E-state index is 0.0983. The number of nitrogens with one attached hydrogen (secondary N) is 1. The molecule has 1 heterocycles. The Morgan fingerprint density at radius 3 is 2.35 bits per heavy atom. The van der Waals surface area contributed by atoms with Crippen molar-refractivity contribution in [2.75, 3.05) is 19.8 Å². The molecule has 1 aromatic heterocycles. The lowest BCUT2D eigenvalue weighted by Crippen LogP contribution is -2.34. The molecule has 0 aliphatic rings. The largest absolute Gasteiger partial charge is 0.494 e. The van der Waals surface area contributed by atoms with Crippen LogP contribution < -0.4 is 20.3 Å². The third-order valence-electron chi connectivity index (χ3n) is 4.54. The normalized spacial score (nSPS) is 10.5. The lowest BCUT2D eigenvalue weighted by Gasteiger charge is -2.10. The van der Waals surface area contributed by atoms with E-state index in [-0.39, 0.29) is 18.0 Å². The van der Waals surface area contributed by atoms with Crippen molar-refractivity contribution in [2.24, 2.45) is 0 Å². The number of hydrogen-bond acceptors (Lipinski definition) is 5. The topological polar surface area (TPSA) is 82.5 Å². The van der Waals surface area contributed by atoms with E-state index in [9.17, 15) is 9.59 Å². The van der Waals surface area contributed by atoms with Crippen LogP contribution in [0.5, 0.6) is 11.5 Å². The fraction of sp³-hybridized carbons (Fsp3) is 0.292. The average Bonchev–Trinajstić information content (AvgIpc) is 2.73. The summed E-state index contributed by atoms with van der Waals surface area (Å²) in [6.07, 6.45) is 1.39. The molecule has 0 bridgehead atoms. The first-order valence-electron chi connectivity index (χ1n) is 10.2. The zero-order valence-corrected chi connectivity index (χ0v) is 18.1. The molecular weight excluding hydrogens is 394 g/mol. The van der Waals surface area contributed by atoms with Crippen LogP contribution in [-0.4, -0.2) is 35.2 Å². The highest BCUT2D eigenvalue weighted by molar-refractivity contribution is 5.75. The average molecular weight is 421 g/mol. The first-order valence-corrected chi connectivity index (χ1v) is 10.2. The van der Waals surface area contributed by atoms with Crippen LogP contribution in [0.4, 0.5) is 0 Å². The number of carbonyl (C=O) groups excluding carboxylic acids is 1. The highest BCUT2D eigenvalue weighted by Crippen LogP contribution is 2.19. The number of aromatic nitrogens is 2. The van der Waals surface area contributed by atoms with E-state index >= 15 is 0 Å². The second kappa shape index (κ2) is 10.4. The summed E-state index contributed by atoms with van der Waals surface area (Å²) in [5.74, 6) is 1.26. The van der Waals surface area contributed by atoms with Gasteiger partial charge < -0.3 is 14.8 Å². The van der Waals surface area contributed by atoms with Crippen molar-refractivity contribution in [3.8, 4) is 22.8 Å². The van der Waals surface area contributed by atoms with E-state index in [1.165, 1.54) is 17.0 Å². The van der Waals surface area contributed by atoms with Gasteiger partial charge in [-0.25, -0.2) is 4.98 Å². The summed E-state index contributed by atoms with van der Waals surface area (Å²) in [7, 11) is 0. The highest BCUT2D eigenvalue weighted by Gasteiger charge is 2.07. The van der Waals surface area contributed by atoms with Gasteiger partial charge in [0, 0.05) is 11.6 Å². The Morgan fingerprint density at radius 1 is 1.00 bits per heavy atom. The summed E-state index contributed by atoms with van der Waals surface area (Å²) in [4.78, 5) is 28.9. The first-order chi connectivity index (χ1) is 14.9. The Labute approximate surface area is 181 Å². The number of hydrogen-bond donors (Lipinski definition) is 1. The smallest absolute Gasteiger partial charge is 0.254 e. The van der Waals surface area contributed by atoms with Crippen LogP contribution in [-0.2, 0) is 11.3 Å². The lowest BCUT2D eigenvalue weighted by atomic mass is 10.1. The molecular formula is C24H27N3O4. The summed E-state index contributed by atoms with van der Waals surface area (Å²) in [5.41, 5.74) is 3.31. The molecule has 0 radical (unpaired) electrons. The van der Waals surface area contributed by atoms with E-state index in [1.807, 2.05) is 57.2 Å². The lowest BCUT2D eigenvalue weighted by molar-refractivity contribution is -0.121. The molecule has 7 nitrogen and oxygen atoms in total. The van der Waals surface area contributed by atoms with Gasteiger partial charge >= 0.3 is 0 Å². The van der Waals surface area contributed by atoms with Crippen LogP contribution in [0, 0.1) is 13.8 Å². The molecule has 3 rings (SSSR count). The number of ether oxygens (including phenoxy) is 2. The summed E-state index contributed by atoms with van der Waals surface area (Å²) < 4.78 is 12.4. The zero-order valence-electron chi connectivity index (χ0n) is 18.1. The molecule has 0 unspecified atom stereocenters. The van der Waals surface area contributed by atoms with E-state index in [1.54, 1.807) is 0 Å². The maximum atomic E-state index is 12.4. The number of nitrogens with zero attached hydrogens (tertiary/aromatic N) is 2. The zero-order chi connectivity index (χ0) is 22.2. The molecule has 3 aromatic rings. The van der Waals surface area contributed by atoms with Crippen molar-refractivity contribution < 1.29 is 14.3 Å². The fourth-order valence-electron chi connectivity index (χ4n) is 3.18. The molecule has 0 spiro atoms. The molecule has 2 aromatic carbocycles. The Hall–Kier alpha value is -3.61. The van der Waals surface area contributed by atoms with Gasteiger partial charge in [0.05, 0.1) is 25.2 Å². The molecule has 31 heavy (non-hydrogen) atoms. The van der Waals surface area contributed by atoms with Crippen LogP contribution in [0.25, 0.3) is 11.3 Å². The van der Waals surface area contributed by atoms with Gasteiger partial charge in [0.15, 0.2) is 0 Å². The van der Waals surface area contributed by atoms with Gasteiger partial charge in [-0.05, 0) is 68.3 Å². The number of benzene rings is 2. The maximum Gasteiger partial charge on any atom is 0.254 e. The molecule has 0 saturated carbocycles. The minimum Gasteiger partial charge on any atom is -0.494 e. The maximum absolute atomic E-state index is 12.4. The highest BCUT2D eigenvalue weighted by atomic mass is 16.5. The van der Waals surface area contributed by atoms with Crippen LogP contribution >= 0.6 is 0 Å². The summed E-state index contributed by atoms with van der Waals surface area (Å²) >= 11 is 0. The van der Waals surface area contributed by atoms with Gasteiger partial charge in [0.25, 0.3) is 5.56 Å². The van der Waals surface area contributed by atoms with Gasteiger partial charge in [-0.15, -0.1) is 0 Å². The van der Waals surface area contributed by atoms with Crippen LogP contribution in [0.2, 0.25) is 0 Å². The second-order valence-corrected chi connectivity index (χ2v) is 7.22. The van der Waals surface area contributed by atoms with E-state index in [0.717, 1.165) is 28.2 Å². The SMILES string of the molecule is CCOc1ccc(-c2cc(=O)n(CC(=O)NCCOc3cc(C)cc(C)c3)cn2)cc1. The predicted octanol–water partition coefficient (Wildman–Crippen LogP) is 3.12. The number of amides is 1. The van der Waals surface area contributed by atoms with Crippen molar-refractivity contribution in [3.05, 3.63) is 76.3 Å². The molecule has 0 aliphatic carbocycles. The Balaban J connectivity index is 1.51. The fourth-order valence-corrected chi connectivity index (χ4v) is 3.18. The van der Waals surface area contributed by atoms with Crippen molar-refractivity contribution in [1.29, 1.82) is 0 Å². The Bertz CT molecular complexity index is 1070. The molecule has 162 valence electrons. The van der Waals surface area contributed by atoms with Gasteiger partial charge in [-0.1, -0.05) is 6.07 Å². The van der Waals surface area contributed by atoms with Gasteiger partial charge in [0.1, 0.15) is 24.7 Å². The molecule has 0 fully saturated rings. The number of aryl methyl sites for hydroxylation is 2. The molecule has 1 amide bonds. The Morgan fingerprint density at radius 2 is 1.71 bits per heavy atom. The third-order valence-corrected chi connectivity index (χ3v) is 4.54. The predicted molar refractivity (Wildman–Crippen MR) is 120 cm³/mol. The summed E-state index contributed by atoms with van der Waals surface area (Å²) in [5, 5.41) is 2.76. The third kappa shape index (κ3) is 6.44. The molecule has 0 saturated heterocycles. The monoisotopic (exact) mass is 421 g/mol. The van der Waals surface area contributed by atoms with Gasteiger partial charge in [0.2, 0.25) is 5.91 Å². The van der Waals surface area contributed by atoms with Crippen LogP contribution in [0.15, 0.2) is 59.7 Å². The first kappa shape index (κ1) is 22.1. The molecule has 1 N–H and O–H groups in total. The van der Waals surface area contributed by atoms with Crippen LogP contribution in [0.1, 0.15) is 18.1 Å². The van der Waals surface area contributed by atoms with Crippen LogP contribution in [0.3, 0.4) is 0 Å². The number of rotatable bonds is 9. The number of carbonyl (C=O) groups is 1. The van der Waals surface area contributed by atoms with E-state index in [0.29, 0.717) is 25.5 Å². The van der Waals surface area contributed by atoms with E-state index < -0.39 is 0 Å². The standard InChI is InChI=1S/C24H27N3O4/c1-4-30-20-7-5-19(6-8-20)22-14-24(29)27(16-26-22)15-23(28)25-9-10-31-21-12-17(2)11-18(3)13-21/h5-8,11-14,16H,4,9-10,15H2,1-3H3,(H,25,28). The molecule has 0 atom stereocenters. The summed E-state index contributed by atoms with van der Waals surface area (Å²) in [6.45, 7) is 7.12. The minimum atomic E-state index is -0.291. The van der Waals surface area contributed by atoms with E-state index in [4.69, 9.17) is 9.47 Å². The van der Waals surface area contributed by atoms with Gasteiger partial charge in [-0.3, -0.25) is 14.2 Å². The quantitative estimate of drug-likeness (QED) is 0.537. The second-order valence-electron chi connectivity index (χ2n) is 7.22. The van der Waals surface area contributed by atoms with Crippen molar-refractivity contribution in [1.82, 2.24) is 14.9 Å². The molecule has 0 aliphatic heterocycles. The van der Waals surface area contributed by atoms with Gasteiger partial charge in [-0.2, -0.15) is 0 Å². The Kier molecular flexibility index (Phi) is 7.43. The van der Waals surface area contributed by atoms with Crippen molar-refractivity contribution in [2.45, 2.75) is 27.3 Å². The summed E-state index contributed by atoms with van der Waals surface area (Å²) in [6, 6.07) is 14.8. The van der Waals surface area contributed by atoms with Crippen molar-refractivity contribution >= 4 is 5.91 Å². The van der Waals surface area contributed by atoms with E-state index in [2.05, 4.69) is 16.4 Å². The molecule has 7 heteroatoms.